The maximum Gasteiger partial charge on any atom is 0.243 e. The van der Waals surface area contributed by atoms with Crippen molar-refractivity contribution in [3.8, 4) is 0 Å². The van der Waals surface area contributed by atoms with Crippen molar-refractivity contribution in [1.82, 2.24) is 24.2 Å². The molecule has 0 aliphatic carbocycles. The lowest BCUT2D eigenvalue weighted by molar-refractivity contribution is 0.0883. The molecule has 2 atom stereocenters. The van der Waals surface area contributed by atoms with Crippen LogP contribution < -0.4 is 16.0 Å². The highest BCUT2D eigenvalue weighted by atomic mass is 32.2. The van der Waals surface area contributed by atoms with E-state index in [2.05, 4.69) is 34.9 Å². The minimum Gasteiger partial charge on any atom is -0.391 e. The number of nitrogens with one attached hydrogen (secondary N) is 3. The first-order valence-corrected chi connectivity index (χ1v) is 14.7. The largest absolute Gasteiger partial charge is 0.391 e. The van der Waals surface area contributed by atoms with Gasteiger partial charge in [-0.25, -0.2) is 17.8 Å². The average molecular weight is 546 g/mol. The van der Waals surface area contributed by atoms with E-state index in [1.165, 1.54) is 28.6 Å². The molecule has 0 amide bonds. The quantitative estimate of drug-likeness (QED) is 0.341. The van der Waals surface area contributed by atoms with Crippen LogP contribution in [0.25, 0.3) is 5.65 Å². The van der Waals surface area contributed by atoms with Crippen molar-refractivity contribution >= 4 is 27.3 Å². The Morgan fingerprint density at radius 3 is 2.61 bits per heavy atom. The minimum absolute atomic E-state index is 0.0473. The molecule has 2 aliphatic heterocycles. The Morgan fingerprint density at radius 2 is 1.92 bits per heavy atom. The summed E-state index contributed by atoms with van der Waals surface area (Å²) in [4.78, 5) is 4.95. The van der Waals surface area contributed by atoms with Gasteiger partial charge in [0.25, 0.3) is 0 Å². The van der Waals surface area contributed by atoms with Gasteiger partial charge in [-0.1, -0.05) is 13.8 Å². The minimum atomic E-state index is -3.67. The summed E-state index contributed by atoms with van der Waals surface area (Å²) in [5.74, 6) is 1.43. The highest BCUT2D eigenvalue weighted by Crippen LogP contribution is 2.27. The molecule has 0 bridgehead atoms. The molecule has 5 rings (SSSR count). The molecule has 2 unspecified atom stereocenters. The van der Waals surface area contributed by atoms with Crippen molar-refractivity contribution in [3.05, 3.63) is 47.9 Å². The highest BCUT2D eigenvalue weighted by Gasteiger charge is 2.30. The number of hydrogen-bond donors (Lipinski definition) is 4. The normalized spacial score (nSPS) is 21.7. The van der Waals surface area contributed by atoms with Crippen LogP contribution in [0.4, 0.5) is 16.0 Å². The van der Waals surface area contributed by atoms with Crippen molar-refractivity contribution in [2.45, 2.75) is 56.1 Å². The molecule has 4 N–H and O–H groups in total. The van der Waals surface area contributed by atoms with Gasteiger partial charge in [-0.15, -0.1) is 0 Å². The predicted octanol–water partition coefficient (Wildman–Crippen LogP) is 2.64. The van der Waals surface area contributed by atoms with Gasteiger partial charge in [0.2, 0.25) is 10.0 Å². The van der Waals surface area contributed by atoms with E-state index in [0.717, 1.165) is 30.0 Å². The van der Waals surface area contributed by atoms with Crippen LogP contribution in [0, 0.1) is 11.7 Å². The van der Waals surface area contributed by atoms with E-state index in [9.17, 15) is 17.9 Å². The molecule has 3 aromatic rings. The van der Waals surface area contributed by atoms with Gasteiger partial charge in [-0.3, -0.25) is 0 Å². The molecule has 2 fully saturated rings. The summed E-state index contributed by atoms with van der Waals surface area (Å²) in [6.07, 6.45) is 3.58. The summed E-state index contributed by atoms with van der Waals surface area (Å²) in [5, 5.41) is 25.1. The molecular weight excluding hydrogens is 509 g/mol. The van der Waals surface area contributed by atoms with Crippen LogP contribution in [-0.4, -0.2) is 77.3 Å². The highest BCUT2D eigenvalue weighted by molar-refractivity contribution is 7.89. The van der Waals surface area contributed by atoms with E-state index >= 15 is 0 Å². The molecule has 2 aromatic heterocycles. The number of aliphatic hydroxyl groups excluding tert-OH is 1. The number of aromatic nitrogens is 3. The van der Waals surface area contributed by atoms with Crippen molar-refractivity contribution in [2.24, 2.45) is 5.92 Å². The topological polar surface area (TPSA) is 124 Å². The Labute approximate surface area is 222 Å². The Kier molecular flexibility index (Phi) is 7.85. The fourth-order valence-electron chi connectivity index (χ4n) is 5.16. The average Bonchev–Trinajstić information content (AvgIpc) is 3.34. The monoisotopic (exact) mass is 545 g/mol. The van der Waals surface area contributed by atoms with Gasteiger partial charge < -0.3 is 21.1 Å². The number of rotatable bonds is 8. The molecule has 2 saturated heterocycles. The molecule has 12 heteroatoms. The zero-order chi connectivity index (χ0) is 26.9. The van der Waals surface area contributed by atoms with Crippen LogP contribution >= 0.6 is 0 Å². The van der Waals surface area contributed by atoms with Crippen LogP contribution in [0.1, 0.15) is 44.6 Å². The van der Waals surface area contributed by atoms with E-state index < -0.39 is 21.9 Å². The first-order chi connectivity index (χ1) is 18.2. The smallest absolute Gasteiger partial charge is 0.243 e. The number of hydrogen-bond acceptors (Lipinski definition) is 8. The van der Waals surface area contributed by atoms with E-state index in [0.29, 0.717) is 44.8 Å². The van der Waals surface area contributed by atoms with Gasteiger partial charge in [0.15, 0.2) is 5.65 Å². The zero-order valence-corrected chi connectivity index (χ0v) is 22.6. The third-order valence-corrected chi connectivity index (χ3v) is 9.43. The molecule has 0 saturated carbocycles. The Balaban J connectivity index is 1.31. The van der Waals surface area contributed by atoms with Crippen LogP contribution in [0.15, 0.2) is 41.4 Å². The second-order valence-corrected chi connectivity index (χ2v) is 12.4. The maximum atomic E-state index is 13.3. The number of piperidine rings is 2. The third kappa shape index (κ3) is 5.63. The molecule has 38 heavy (non-hydrogen) atoms. The fourth-order valence-corrected chi connectivity index (χ4v) is 6.63. The van der Waals surface area contributed by atoms with E-state index in [-0.39, 0.29) is 22.8 Å². The van der Waals surface area contributed by atoms with E-state index in [1.807, 2.05) is 16.8 Å². The van der Waals surface area contributed by atoms with Crippen molar-refractivity contribution in [1.29, 1.82) is 0 Å². The summed E-state index contributed by atoms with van der Waals surface area (Å²) >= 11 is 0. The number of sulfonamides is 1. The Hall–Kier alpha value is -2.80. The first kappa shape index (κ1) is 26.8. The molecule has 0 radical (unpaired) electrons. The lowest BCUT2D eigenvalue weighted by atomic mass is 9.95. The lowest BCUT2D eigenvalue weighted by Crippen LogP contribution is -2.43. The van der Waals surface area contributed by atoms with Gasteiger partial charge in [-0.05, 0) is 56.0 Å². The number of benzene rings is 1. The van der Waals surface area contributed by atoms with Crippen molar-refractivity contribution in [3.63, 3.8) is 0 Å². The van der Waals surface area contributed by atoms with Crippen molar-refractivity contribution in [2.75, 3.05) is 43.4 Å². The van der Waals surface area contributed by atoms with Crippen LogP contribution in [0.3, 0.4) is 0 Å². The summed E-state index contributed by atoms with van der Waals surface area (Å²) < 4.78 is 42.6. The van der Waals surface area contributed by atoms with Gasteiger partial charge in [-0.2, -0.15) is 13.9 Å². The number of anilines is 2. The van der Waals surface area contributed by atoms with E-state index in [1.54, 1.807) is 0 Å². The zero-order valence-electron chi connectivity index (χ0n) is 21.8. The molecule has 206 valence electrons. The van der Waals surface area contributed by atoms with Gasteiger partial charge >= 0.3 is 0 Å². The fraction of sp³-hybridized carbons (Fsp3) is 0.538. The molecule has 0 spiro atoms. The predicted molar refractivity (Wildman–Crippen MR) is 144 cm³/mol. The number of nitrogens with zero attached hydrogens (tertiary/aromatic N) is 4. The SMILES string of the molecule is CC(C)c1cnn2c(NC3CCN(S(=O)(=O)c4ccc(F)cc4)CC3)cc(NCC3CCNCC3O)nc12. The number of halogens is 1. The second kappa shape index (κ2) is 11.1. The molecule has 10 nitrogen and oxygen atoms in total. The summed E-state index contributed by atoms with van der Waals surface area (Å²) in [5.41, 5.74) is 1.81. The number of aliphatic hydroxyl groups is 1. The van der Waals surface area contributed by atoms with Crippen LogP contribution in [0.2, 0.25) is 0 Å². The lowest BCUT2D eigenvalue weighted by Gasteiger charge is -2.32. The molecule has 4 heterocycles. The number of β-amino-alcohol motifs (C(OH)–C–C–N with tert-alkyl or cyclic N) is 1. The standard InChI is InChI=1S/C26H36FN7O3S/c1-17(2)22-15-30-34-25(13-24(32-26(22)34)29-14-18-7-10-28-16-23(18)35)31-20-8-11-33(12-9-20)38(36,37)21-5-3-19(27)4-6-21/h3-6,13,15,17-18,20,23,28,31,35H,7-12,14,16H2,1-2H3,(H,29,32). The summed E-state index contributed by atoms with van der Waals surface area (Å²) in [6.45, 7) is 7.04. The molecule has 2 aliphatic rings. The molecule has 1 aromatic carbocycles. The van der Waals surface area contributed by atoms with Gasteiger partial charge in [0, 0.05) is 49.8 Å². The number of fused-ring (bicyclic) bond motifs is 1. The van der Waals surface area contributed by atoms with Crippen LogP contribution in [-0.2, 0) is 10.0 Å². The second-order valence-electron chi connectivity index (χ2n) is 10.5. The summed E-state index contributed by atoms with van der Waals surface area (Å²) in [6, 6.07) is 6.94. The first-order valence-electron chi connectivity index (χ1n) is 13.3. The van der Waals surface area contributed by atoms with Crippen molar-refractivity contribution < 1.29 is 17.9 Å². The van der Waals surface area contributed by atoms with Gasteiger partial charge in [0.1, 0.15) is 17.5 Å². The Bertz CT molecular complexity index is 1360. The van der Waals surface area contributed by atoms with Crippen LogP contribution in [0.5, 0.6) is 0 Å². The molecular formula is C26H36FN7O3S. The third-order valence-electron chi connectivity index (χ3n) is 7.51. The van der Waals surface area contributed by atoms with Gasteiger partial charge in [0.05, 0.1) is 17.2 Å². The maximum absolute atomic E-state index is 13.3. The summed E-state index contributed by atoms with van der Waals surface area (Å²) in [7, 11) is -3.67. The van der Waals surface area contributed by atoms with E-state index in [4.69, 9.17) is 4.98 Å². The Morgan fingerprint density at radius 1 is 1.18 bits per heavy atom.